The van der Waals surface area contributed by atoms with Gasteiger partial charge in [0.1, 0.15) is 12.4 Å². The Morgan fingerprint density at radius 1 is 1.35 bits per heavy atom. The molecule has 0 aliphatic carbocycles. The zero-order valence-electron chi connectivity index (χ0n) is 12.9. The number of nitrogens with two attached hydrogens (primary N) is 1. The topological polar surface area (TPSA) is 64.4 Å². The molecular formula is C16H26N2O2. The zero-order chi connectivity index (χ0) is 15.1. The number of benzene rings is 1. The summed E-state index contributed by atoms with van der Waals surface area (Å²) < 4.78 is 5.73. The molecule has 1 aromatic rings. The summed E-state index contributed by atoms with van der Waals surface area (Å²) in [5, 5.41) is 2.82. The third-order valence-electron chi connectivity index (χ3n) is 3.62. The van der Waals surface area contributed by atoms with Crippen LogP contribution in [0, 0.1) is 19.8 Å². The molecule has 0 bridgehead atoms. The molecule has 1 rings (SSSR count). The lowest BCUT2D eigenvalue weighted by molar-refractivity contribution is -0.123. The van der Waals surface area contributed by atoms with Crippen molar-refractivity contribution in [2.75, 3.05) is 13.2 Å². The molecule has 4 heteroatoms. The van der Waals surface area contributed by atoms with Gasteiger partial charge in [-0.05, 0) is 30.9 Å². The molecule has 2 atom stereocenters. The molecule has 0 aromatic heterocycles. The summed E-state index contributed by atoms with van der Waals surface area (Å²) in [6, 6.07) is 5.59. The summed E-state index contributed by atoms with van der Waals surface area (Å²) in [4.78, 5) is 11.8. The Morgan fingerprint density at radius 3 is 2.50 bits per heavy atom. The Hall–Kier alpha value is -1.55. The molecule has 0 saturated heterocycles. The fourth-order valence-corrected chi connectivity index (χ4v) is 1.98. The molecule has 2 unspecified atom stereocenters. The highest BCUT2D eigenvalue weighted by atomic mass is 16.5. The molecule has 3 N–H and O–H groups in total. The van der Waals surface area contributed by atoms with Crippen molar-refractivity contribution < 1.29 is 9.53 Å². The van der Waals surface area contributed by atoms with Gasteiger partial charge in [-0.3, -0.25) is 4.79 Å². The molecule has 112 valence electrons. The summed E-state index contributed by atoms with van der Waals surface area (Å²) in [7, 11) is 0. The first-order valence-electron chi connectivity index (χ1n) is 7.19. The first kappa shape index (κ1) is 16.5. The van der Waals surface area contributed by atoms with Crippen LogP contribution in [0.5, 0.6) is 5.75 Å². The molecule has 20 heavy (non-hydrogen) atoms. The highest BCUT2D eigenvalue weighted by molar-refractivity contribution is 5.81. The van der Waals surface area contributed by atoms with E-state index in [-0.39, 0.29) is 11.8 Å². The second-order valence-electron chi connectivity index (χ2n) is 5.27. The number of nitrogens with one attached hydrogen (secondary N) is 1. The van der Waals surface area contributed by atoms with Crippen LogP contribution in [0.4, 0.5) is 0 Å². The van der Waals surface area contributed by atoms with E-state index in [1.165, 1.54) is 0 Å². The predicted molar refractivity (Wildman–Crippen MR) is 81.9 cm³/mol. The highest BCUT2D eigenvalue weighted by Gasteiger charge is 2.18. The quantitative estimate of drug-likeness (QED) is 0.751. The predicted octanol–water partition coefficient (Wildman–Crippen LogP) is 2.17. The number of ether oxygens (including phenoxy) is 1. The van der Waals surface area contributed by atoms with Crippen LogP contribution < -0.4 is 15.8 Å². The van der Waals surface area contributed by atoms with Crippen molar-refractivity contribution >= 4 is 5.91 Å². The van der Waals surface area contributed by atoms with Crippen LogP contribution in [0.3, 0.4) is 0 Å². The molecule has 1 aromatic carbocycles. The Kier molecular flexibility index (Phi) is 6.52. The summed E-state index contributed by atoms with van der Waals surface area (Å²) >= 11 is 0. The lowest BCUT2D eigenvalue weighted by Crippen LogP contribution is -2.45. The maximum atomic E-state index is 11.8. The molecule has 0 aliphatic rings. The smallest absolute Gasteiger partial charge is 0.237 e. The molecular weight excluding hydrogens is 252 g/mol. The summed E-state index contributed by atoms with van der Waals surface area (Å²) in [6.45, 7) is 8.96. The SMILES string of the molecule is CCC(C)C(N)C(=O)NCCOc1c(C)cccc1C. The van der Waals surface area contributed by atoms with Gasteiger partial charge in [-0.2, -0.15) is 0 Å². The van der Waals surface area contributed by atoms with Gasteiger partial charge in [-0.15, -0.1) is 0 Å². The van der Waals surface area contributed by atoms with Gasteiger partial charge in [0, 0.05) is 0 Å². The number of rotatable bonds is 7. The standard InChI is InChI=1S/C16H26N2O2/c1-5-11(2)14(17)16(19)18-9-10-20-15-12(3)7-6-8-13(15)4/h6-8,11,14H,5,9-10,17H2,1-4H3,(H,18,19). The third-order valence-corrected chi connectivity index (χ3v) is 3.62. The first-order valence-corrected chi connectivity index (χ1v) is 7.19. The maximum Gasteiger partial charge on any atom is 0.237 e. The minimum atomic E-state index is -0.444. The first-order chi connectivity index (χ1) is 9.47. The van der Waals surface area contributed by atoms with Gasteiger partial charge in [-0.25, -0.2) is 0 Å². The molecule has 0 aliphatic heterocycles. The minimum Gasteiger partial charge on any atom is -0.491 e. The number of hydrogen-bond acceptors (Lipinski definition) is 3. The van der Waals surface area contributed by atoms with Crippen LogP contribution in [0.2, 0.25) is 0 Å². The van der Waals surface area contributed by atoms with E-state index in [0.717, 1.165) is 23.3 Å². The van der Waals surface area contributed by atoms with Crippen LogP contribution in [-0.2, 0) is 4.79 Å². The lowest BCUT2D eigenvalue weighted by Gasteiger charge is -2.18. The second-order valence-corrected chi connectivity index (χ2v) is 5.27. The fourth-order valence-electron chi connectivity index (χ4n) is 1.98. The summed E-state index contributed by atoms with van der Waals surface area (Å²) in [6.07, 6.45) is 0.896. The number of para-hydroxylation sites is 1. The van der Waals surface area contributed by atoms with Crippen LogP contribution in [0.25, 0.3) is 0 Å². The van der Waals surface area contributed by atoms with Gasteiger partial charge in [0.25, 0.3) is 0 Å². The molecule has 0 saturated carbocycles. The minimum absolute atomic E-state index is 0.107. The van der Waals surface area contributed by atoms with E-state index in [4.69, 9.17) is 10.5 Å². The number of hydrogen-bond donors (Lipinski definition) is 2. The Labute approximate surface area is 121 Å². The molecule has 0 radical (unpaired) electrons. The Balaban J connectivity index is 2.37. The number of amides is 1. The van der Waals surface area contributed by atoms with Gasteiger partial charge < -0.3 is 15.8 Å². The van der Waals surface area contributed by atoms with Crippen LogP contribution in [0.1, 0.15) is 31.4 Å². The third kappa shape index (κ3) is 4.53. The average molecular weight is 278 g/mol. The molecule has 0 fully saturated rings. The van der Waals surface area contributed by atoms with Crippen LogP contribution in [-0.4, -0.2) is 25.1 Å². The fraction of sp³-hybridized carbons (Fsp3) is 0.562. The summed E-state index contributed by atoms with van der Waals surface area (Å²) in [5.74, 6) is 0.979. The lowest BCUT2D eigenvalue weighted by atomic mass is 9.99. The van der Waals surface area contributed by atoms with Crippen molar-refractivity contribution in [3.8, 4) is 5.75 Å². The average Bonchev–Trinajstić information content (AvgIpc) is 2.44. The number of carbonyl (C=O) groups is 1. The molecule has 1 amide bonds. The van der Waals surface area contributed by atoms with E-state index in [1.54, 1.807) is 0 Å². The number of carbonyl (C=O) groups excluding carboxylic acids is 1. The van der Waals surface area contributed by atoms with Crippen molar-refractivity contribution in [3.05, 3.63) is 29.3 Å². The van der Waals surface area contributed by atoms with Gasteiger partial charge in [0.15, 0.2) is 0 Å². The van der Waals surface area contributed by atoms with E-state index in [2.05, 4.69) is 5.32 Å². The van der Waals surface area contributed by atoms with Gasteiger partial charge in [0.05, 0.1) is 12.6 Å². The molecule has 4 nitrogen and oxygen atoms in total. The van der Waals surface area contributed by atoms with Gasteiger partial charge >= 0.3 is 0 Å². The van der Waals surface area contributed by atoms with E-state index in [9.17, 15) is 4.79 Å². The van der Waals surface area contributed by atoms with Crippen molar-refractivity contribution in [1.29, 1.82) is 0 Å². The van der Waals surface area contributed by atoms with Crippen molar-refractivity contribution in [2.45, 2.75) is 40.2 Å². The van der Waals surface area contributed by atoms with Crippen LogP contribution >= 0.6 is 0 Å². The van der Waals surface area contributed by atoms with Gasteiger partial charge in [0.2, 0.25) is 5.91 Å². The van der Waals surface area contributed by atoms with Crippen molar-refractivity contribution in [2.24, 2.45) is 11.7 Å². The number of aryl methyl sites for hydroxylation is 2. The summed E-state index contributed by atoms with van der Waals surface area (Å²) in [5.41, 5.74) is 8.07. The monoisotopic (exact) mass is 278 g/mol. The molecule has 0 heterocycles. The second kappa shape index (κ2) is 7.90. The van der Waals surface area contributed by atoms with E-state index in [1.807, 2.05) is 45.9 Å². The van der Waals surface area contributed by atoms with Crippen molar-refractivity contribution in [1.82, 2.24) is 5.32 Å². The Morgan fingerprint density at radius 2 is 1.95 bits per heavy atom. The normalized spacial score (nSPS) is 13.7. The highest BCUT2D eigenvalue weighted by Crippen LogP contribution is 2.21. The largest absolute Gasteiger partial charge is 0.491 e. The zero-order valence-corrected chi connectivity index (χ0v) is 12.9. The van der Waals surface area contributed by atoms with Crippen molar-refractivity contribution in [3.63, 3.8) is 0 Å². The van der Waals surface area contributed by atoms with E-state index < -0.39 is 6.04 Å². The van der Waals surface area contributed by atoms with Crippen LogP contribution in [0.15, 0.2) is 18.2 Å². The van der Waals surface area contributed by atoms with Gasteiger partial charge in [-0.1, -0.05) is 38.5 Å². The molecule has 0 spiro atoms. The maximum absolute atomic E-state index is 11.8. The Bertz CT molecular complexity index is 426. The van der Waals surface area contributed by atoms with E-state index >= 15 is 0 Å². The van der Waals surface area contributed by atoms with E-state index in [0.29, 0.717) is 13.2 Å².